The van der Waals surface area contributed by atoms with Gasteiger partial charge in [-0.1, -0.05) is 31.2 Å². The zero-order valence-corrected chi connectivity index (χ0v) is 17.6. The third kappa shape index (κ3) is 5.10. The van der Waals surface area contributed by atoms with Gasteiger partial charge in [-0.2, -0.15) is 5.26 Å². The zero-order valence-electron chi connectivity index (χ0n) is 17.6. The Labute approximate surface area is 182 Å². The highest BCUT2D eigenvalue weighted by Gasteiger charge is 2.21. The first kappa shape index (κ1) is 20.6. The van der Waals surface area contributed by atoms with Crippen LogP contribution >= 0.6 is 0 Å². The Kier molecular flexibility index (Phi) is 6.28. The van der Waals surface area contributed by atoms with Gasteiger partial charge >= 0.3 is 0 Å². The number of nitrogens with zero attached hydrogens (tertiary/aromatic N) is 3. The Balaban J connectivity index is 1.37. The van der Waals surface area contributed by atoms with Gasteiger partial charge in [0.25, 0.3) is 5.91 Å². The summed E-state index contributed by atoms with van der Waals surface area (Å²) in [5.74, 6) is 1.48. The van der Waals surface area contributed by atoms with Crippen LogP contribution in [-0.4, -0.2) is 28.9 Å². The van der Waals surface area contributed by atoms with Crippen molar-refractivity contribution in [1.29, 1.82) is 5.26 Å². The second kappa shape index (κ2) is 9.44. The van der Waals surface area contributed by atoms with Gasteiger partial charge in [0.2, 0.25) is 0 Å². The van der Waals surface area contributed by atoms with Crippen molar-refractivity contribution >= 4 is 5.91 Å². The summed E-state index contributed by atoms with van der Waals surface area (Å²) in [4.78, 5) is 18.9. The molecule has 2 aromatic carbocycles. The standard InChI is InChI=1S/C26H25N3O2/c1-19-10-12-29(13-11-19)26(30)24-14-21(16-28-17-24)18-31-25-8-6-23(7-9-25)22-4-2-20(15-27)3-5-22/h2-9,14,16-17,19H,10-13,18H2,1H3. The molecule has 0 aliphatic carbocycles. The van der Waals surface area contributed by atoms with Crippen LogP contribution in [0.3, 0.4) is 0 Å². The molecule has 1 aromatic heterocycles. The molecule has 4 rings (SSSR count). The highest BCUT2D eigenvalue weighted by atomic mass is 16.5. The summed E-state index contributed by atoms with van der Waals surface area (Å²) in [7, 11) is 0. The lowest BCUT2D eigenvalue weighted by atomic mass is 9.99. The fourth-order valence-electron chi connectivity index (χ4n) is 3.73. The average molecular weight is 412 g/mol. The van der Waals surface area contributed by atoms with Gasteiger partial charge < -0.3 is 9.64 Å². The number of piperidine rings is 1. The molecule has 2 heterocycles. The maximum atomic E-state index is 12.8. The third-order valence-corrected chi connectivity index (χ3v) is 5.72. The number of hydrogen-bond acceptors (Lipinski definition) is 4. The number of amides is 1. The van der Waals surface area contributed by atoms with Gasteiger partial charge in [-0.15, -0.1) is 0 Å². The summed E-state index contributed by atoms with van der Waals surface area (Å²) >= 11 is 0. The van der Waals surface area contributed by atoms with E-state index >= 15 is 0 Å². The van der Waals surface area contributed by atoms with Crippen molar-refractivity contribution in [1.82, 2.24) is 9.88 Å². The van der Waals surface area contributed by atoms with Crippen LogP contribution in [0.4, 0.5) is 0 Å². The summed E-state index contributed by atoms with van der Waals surface area (Å²) in [5, 5.41) is 8.92. The lowest BCUT2D eigenvalue weighted by Gasteiger charge is -2.30. The number of aromatic nitrogens is 1. The van der Waals surface area contributed by atoms with E-state index in [0.29, 0.717) is 23.7 Å². The van der Waals surface area contributed by atoms with Crippen molar-refractivity contribution in [2.24, 2.45) is 5.92 Å². The normalized spacial score (nSPS) is 14.1. The molecule has 1 fully saturated rings. The van der Waals surface area contributed by atoms with Crippen molar-refractivity contribution in [3.63, 3.8) is 0 Å². The minimum atomic E-state index is 0.0491. The SMILES string of the molecule is CC1CCN(C(=O)c2cncc(COc3ccc(-c4ccc(C#N)cc4)cc3)c2)CC1. The quantitative estimate of drug-likeness (QED) is 0.588. The van der Waals surface area contributed by atoms with Crippen LogP contribution in [0.5, 0.6) is 5.75 Å². The first-order valence-corrected chi connectivity index (χ1v) is 10.6. The number of carbonyl (C=O) groups excluding carboxylic acids is 1. The third-order valence-electron chi connectivity index (χ3n) is 5.72. The Morgan fingerprint density at radius 3 is 2.35 bits per heavy atom. The molecule has 156 valence electrons. The van der Waals surface area contributed by atoms with E-state index in [0.717, 1.165) is 48.4 Å². The average Bonchev–Trinajstić information content (AvgIpc) is 2.83. The van der Waals surface area contributed by atoms with Crippen molar-refractivity contribution in [2.45, 2.75) is 26.4 Å². The largest absolute Gasteiger partial charge is 0.489 e. The number of ether oxygens (including phenoxy) is 1. The van der Waals surface area contributed by atoms with Crippen molar-refractivity contribution in [3.05, 3.63) is 83.7 Å². The van der Waals surface area contributed by atoms with Crippen molar-refractivity contribution < 1.29 is 9.53 Å². The maximum absolute atomic E-state index is 12.8. The number of hydrogen-bond donors (Lipinski definition) is 0. The van der Waals surface area contributed by atoms with Crippen LogP contribution in [0.2, 0.25) is 0 Å². The van der Waals surface area contributed by atoms with Crippen molar-refractivity contribution in [2.75, 3.05) is 13.1 Å². The summed E-state index contributed by atoms with van der Waals surface area (Å²) < 4.78 is 5.91. The van der Waals surface area contributed by atoms with Crippen LogP contribution < -0.4 is 4.74 Å². The Morgan fingerprint density at radius 2 is 1.71 bits per heavy atom. The molecule has 1 aliphatic rings. The Bertz CT molecular complexity index is 1080. The molecule has 31 heavy (non-hydrogen) atoms. The van der Waals surface area contributed by atoms with E-state index in [4.69, 9.17) is 10.00 Å². The summed E-state index contributed by atoms with van der Waals surface area (Å²) in [6, 6.07) is 19.3. The van der Waals surface area contributed by atoms with Crippen LogP contribution in [0, 0.1) is 17.2 Å². The van der Waals surface area contributed by atoms with Crippen LogP contribution in [0.15, 0.2) is 67.0 Å². The Morgan fingerprint density at radius 1 is 1.06 bits per heavy atom. The molecule has 0 spiro atoms. The van der Waals surface area contributed by atoms with E-state index < -0.39 is 0 Å². The molecule has 0 N–H and O–H groups in total. The second-order valence-corrected chi connectivity index (χ2v) is 8.06. The first-order chi connectivity index (χ1) is 15.1. The number of carbonyl (C=O) groups is 1. The van der Waals surface area contributed by atoms with Gasteiger partial charge in [-0.05, 0) is 60.2 Å². The molecular formula is C26H25N3O2. The van der Waals surface area contributed by atoms with Gasteiger partial charge in [0, 0.05) is 31.0 Å². The van der Waals surface area contributed by atoms with Gasteiger partial charge in [0.15, 0.2) is 0 Å². The molecule has 5 heteroatoms. The monoisotopic (exact) mass is 411 g/mol. The number of rotatable bonds is 5. The summed E-state index contributed by atoms with van der Waals surface area (Å²) in [5.41, 5.74) is 4.24. The molecule has 1 amide bonds. The fraction of sp³-hybridized carbons (Fsp3) is 0.269. The van der Waals surface area contributed by atoms with Gasteiger partial charge in [0.1, 0.15) is 12.4 Å². The molecular weight excluding hydrogens is 386 g/mol. The lowest BCUT2D eigenvalue weighted by Crippen LogP contribution is -2.38. The maximum Gasteiger partial charge on any atom is 0.255 e. The molecule has 0 saturated carbocycles. The van der Waals surface area contributed by atoms with E-state index in [9.17, 15) is 4.79 Å². The van der Waals surface area contributed by atoms with E-state index in [1.54, 1.807) is 12.4 Å². The minimum Gasteiger partial charge on any atom is -0.489 e. The number of nitriles is 1. The number of likely N-dealkylation sites (tertiary alicyclic amines) is 1. The summed E-state index contributed by atoms with van der Waals surface area (Å²) in [6.07, 6.45) is 5.48. The van der Waals surface area contributed by atoms with Gasteiger partial charge in [0.05, 0.1) is 17.2 Å². The number of pyridine rings is 1. The van der Waals surface area contributed by atoms with E-state index in [1.807, 2.05) is 59.5 Å². The van der Waals surface area contributed by atoms with Crippen LogP contribution in [0.25, 0.3) is 11.1 Å². The first-order valence-electron chi connectivity index (χ1n) is 10.6. The smallest absolute Gasteiger partial charge is 0.255 e. The molecule has 0 radical (unpaired) electrons. The topological polar surface area (TPSA) is 66.2 Å². The Hall–Kier alpha value is -3.65. The predicted molar refractivity (Wildman–Crippen MR) is 119 cm³/mol. The van der Waals surface area contributed by atoms with E-state index in [1.165, 1.54) is 0 Å². The van der Waals surface area contributed by atoms with Gasteiger partial charge in [-0.25, -0.2) is 0 Å². The molecule has 5 nitrogen and oxygen atoms in total. The molecule has 1 aliphatic heterocycles. The van der Waals surface area contributed by atoms with Crippen LogP contribution in [-0.2, 0) is 6.61 Å². The minimum absolute atomic E-state index is 0.0491. The number of benzene rings is 2. The summed E-state index contributed by atoms with van der Waals surface area (Å²) in [6.45, 7) is 4.21. The van der Waals surface area contributed by atoms with E-state index in [-0.39, 0.29) is 5.91 Å². The lowest BCUT2D eigenvalue weighted by molar-refractivity contribution is 0.0696. The molecule has 0 atom stereocenters. The zero-order chi connectivity index (χ0) is 21.6. The molecule has 1 saturated heterocycles. The molecule has 0 bridgehead atoms. The van der Waals surface area contributed by atoms with Crippen LogP contribution in [0.1, 0.15) is 41.3 Å². The highest BCUT2D eigenvalue weighted by Crippen LogP contribution is 2.23. The fourth-order valence-corrected chi connectivity index (χ4v) is 3.73. The van der Waals surface area contributed by atoms with E-state index in [2.05, 4.69) is 18.0 Å². The molecule has 0 unspecified atom stereocenters. The highest BCUT2D eigenvalue weighted by molar-refractivity contribution is 5.94. The molecule has 3 aromatic rings. The van der Waals surface area contributed by atoms with Gasteiger partial charge in [-0.3, -0.25) is 9.78 Å². The van der Waals surface area contributed by atoms with Crippen molar-refractivity contribution in [3.8, 4) is 22.9 Å². The predicted octanol–water partition coefficient (Wildman–Crippen LogP) is 5.07. The second-order valence-electron chi connectivity index (χ2n) is 8.06.